The molecule has 0 aliphatic heterocycles. The van der Waals surface area contributed by atoms with Crippen molar-refractivity contribution in [2.75, 3.05) is 0 Å². The van der Waals surface area contributed by atoms with Gasteiger partial charge in [-0.15, -0.1) is 0 Å². The van der Waals surface area contributed by atoms with E-state index in [0.29, 0.717) is 0 Å². The Labute approximate surface area is 59.7 Å². The molecule has 0 N–H and O–H groups in total. The van der Waals surface area contributed by atoms with Crippen LogP contribution in [0.5, 0.6) is 0 Å². The quantitative estimate of drug-likeness (QED) is 0.538. The fourth-order valence-electron chi connectivity index (χ4n) is 0.415. The van der Waals surface area contributed by atoms with Crippen LogP contribution >= 0.6 is 0 Å². The average molecular weight is 137 g/mol. The summed E-state index contributed by atoms with van der Waals surface area (Å²) in [6.07, 6.45) is 0. The number of nitriles is 1. The van der Waals surface area contributed by atoms with E-state index < -0.39 is 0 Å². The number of hydrogen-bond donors (Lipinski definition) is 0. The second-order valence-electron chi connectivity index (χ2n) is 1.52. The fraction of sp³-hybridized carbons (Fsp3) is 0.125. The van der Waals surface area contributed by atoms with E-state index >= 15 is 0 Å². The third-order valence-corrected chi connectivity index (χ3v) is 0.733. The summed E-state index contributed by atoms with van der Waals surface area (Å²) in [6, 6.07) is 9.69. The van der Waals surface area contributed by atoms with Crippen molar-refractivity contribution in [1.29, 1.82) is 5.26 Å². The highest BCUT2D eigenvalue weighted by Crippen LogP contribution is 1.91. The number of benzene rings is 1. The summed E-state index contributed by atoms with van der Waals surface area (Å²) in [6.45, 7) is 1.43. The molecular weight excluding hydrogens is 129 g/mol. The van der Waals surface area contributed by atoms with Crippen molar-refractivity contribution in [2.45, 2.75) is 6.92 Å². The summed E-state index contributed by atoms with van der Waals surface area (Å²) in [5.41, 5.74) is 0. The summed E-state index contributed by atoms with van der Waals surface area (Å²) in [7, 11) is 0. The van der Waals surface area contributed by atoms with Gasteiger partial charge in [0.05, 0.1) is 6.07 Å². The molecule has 0 unspecified atom stereocenters. The van der Waals surface area contributed by atoms with Crippen LogP contribution in [0.4, 0.5) is 4.39 Å². The molecule has 1 nitrogen and oxygen atoms in total. The largest absolute Gasteiger partial charge is 0.207 e. The molecule has 0 atom stereocenters. The first-order valence-corrected chi connectivity index (χ1v) is 2.82. The van der Waals surface area contributed by atoms with Gasteiger partial charge in [0.2, 0.25) is 0 Å². The zero-order valence-corrected chi connectivity index (χ0v) is 5.71. The maximum atomic E-state index is 11.9. The molecule has 0 saturated carbocycles. The highest BCUT2D eigenvalue weighted by Gasteiger charge is 1.77. The second-order valence-corrected chi connectivity index (χ2v) is 1.52. The zero-order valence-electron chi connectivity index (χ0n) is 5.71. The Morgan fingerprint density at radius 2 is 1.70 bits per heavy atom. The van der Waals surface area contributed by atoms with Crippen LogP contribution in [-0.4, -0.2) is 0 Å². The monoisotopic (exact) mass is 137 g/mol. The zero-order chi connectivity index (χ0) is 7.82. The first-order chi connectivity index (χ1) is 4.81. The van der Waals surface area contributed by atoms with Crippen LogP contribution < -0.4 is 0 Å². The lowest BCUT2D eigenvalue weighted by molar-refractivity contribution is 0.628. The van der Waals surface area contributed by atoms with Gasteiger partial charge in [-0.3, -0.25) is 0 Å². The minimum Gasteiger partial charge on any atom is -0.207 e. The minimum atomic E-state index is -0.178. The van der Waals surface area contributed by atoms with Gasteiger partial charge in [-0.1, -0.05) is 18.2 Å². The normalized spacial score (nSPS) is 6.90. The van der Waals surface area contributed by atoms with Crippen molar-refractivity contribution < 1.29 is 4.39 Å². The molecule has 0 saturated heterocycles. The maximum Gasteiger partial charge on any atom is 0.123 e. The molecular formula is C8H8FN. The lowest BCUT2D eigenvalue weighted by Gasteiger charge is -1.78. The van der Waals surface area contributed by atoms with Crippen LogP contribution in [0.3, 0.4) is 0 Å². The minimum absolute atomic E-state index is 0.178. The van der Waals surface area contributed by atoms with E-state index in [1.54, 1.807) is 24.3 Å². The standard InChI is InChI=1S/C6H5F.C2H3N/c7-6-4-2-1-3-5-6;1-2-3/h1-5H;1H3. The molecule has 0 fully saturated rings. The first-order valence-electron chi connectivity index (χ1n) is 2.82. The van der Waals surface area contributed by atoms with E-state index in [0.717, 1.165) is 0 Å². The Kier molecular flexibility index (Phi) is 4.99. The molecule has 0 bridgehead atoms. The molecule has 0 aromatic heterocycles. The van der Waals surface area contributed by atoms with E-state index in [1.165, 1.54) is 19.1 Å². The van der Waals surface area contributed by atoms with E-state index in [-0.39, 0.29) is 5.82 Å². The summed E-state index contributed by atoms with van der Waals surface area (Å²) in [5, 5.41) is 7.32. The number of nitrogens with zero attached hydrogens (tertiary/aromatic N) is 1. The predicted molar refractivity (Wildman–Crippen MR) is 37.7 cm³/mol. The third-order valence-electron chi connectivity index (χ3n) is 0.733. The molecule has 0 aliphatic rings. The van der Waals surface area contributed by atoms with Crippen LogP contribution in [0.25, 0.3) is 0 Å². The fourth-order valence-corrected chi connectivity index (χ4v) is 0.415. The smallest absolute Gasteiger partial charge is 0.123 e. The third kappa shape index (κ3) is 4.79. The lowest BCUT2D eigenvalue weighted by atomic mass is 10.4. The van der Waals surface area contributed by atoms with Crippen LogP contribution in [-0.2, 0) is 0 Å². The molecule has 1 aromatic carbocycles. The Balaban J connectivity index is 0.000000236. The molecule has 10 heavy (non-hydrogen) atoms. The summed E-state index contributed by atoms with van der Waals surface area (Å²) in [5.74, 6) is -0.178. The molecule has 0 radical (unpaired) electrons. The second kappa shape index (κ2) is 5.77. The highest BCUT2D eigenvalue weighted by molar-refractivity contribution is 5.02. The predicted octanol–water partition coefficient (Wildman–Crippen LogP) is 2.36. The molecule has 52 valence electrons. The number of halogens is 1. The van der Waals surface area contributed by atoms with Crippen molar-refractivity contribution in [1.82, 2.24) is 0 Å². The van der Waals surface area contributed by atoms with Gasteiger partial charge in [0.15, 0.2) is 0 Å². The first kappa shape index (κ1) is 8.64. The van der Waals surface area contributed by atoms with Gasteiger partial charge >= 0.3 is 0 Å². The molecule has 1 rings (SSSR count). The van der Waals surface area contributed by atoms with E-state index in [4.69, 9.17) is 5.26 Å². The van der Waals surface area contributed by atoms with Crippen molar-refractivity contribution >= 4 is 0 Å². The Morgan fingerprint density at radius 1 is 1.30 bits per heavy atom. The van der Waals surface area contributed by atoms with Gasteiger partial charge in [0.1, 0.15) is 5.82 Å². The molecule has 0 aliphatic carbocycles. The van der Waals surface area contributed by atoms with Crippen LogP contribution in [0.15, 0.2) is 30.3 Å². The molecule has 0 spiro atoms. The Morgan fingerprint density at radius 3 is 1.90 bits per heavy atom. The summed E-state index contributed by atoms with van der Waals surface area (Å²) < 4.78 is 11.9. The lowest BCUT2D eigenvalue weighted by Crippen LogP contribution is -1.63. The number of rotatable bonds is 0. The Bertz CT molecular complexity index is 200. The van der Waals surface area contributed by atoms with Crippen molar-refractivity contribution in [3.8, 4) is 6.07 Å². The van der Waals surface area contributed by atoms with Crippen LogP contribution in [0, 0.1) is 17.1 Å². The van der Waals surface area contributed by atoms with Gasteiger partial charge in [-0.2, -0.15) is 5.26 Å². The number of hydrogen-bond acceptors (Lipinski definition) is 1. The molecule has 0 heterocycles. The van der Waals surface area contributed by atoms with E-state index in [2.05, 4.69) is 0 Å². The van der Waals surface area contributed by atoms with Crippen molar-refractivity contribution in [3.05, 3.63) is 36.1 Å². The highest BCUT2D eigenvalue weighted by atomic mass is 19.1. The van der Waals surface area contributed by atoms with Gasteiger partial charge in [-0.05, 0) is 12.1 Å². The van der Waals surface area contributed by atoms with Gasteiger partial charge in [0.25, 0.3) is 0 Å². The van der Waals surface area contributed by atoms with Crippen molar-refractivity contribution in [2.24, 2.45) is 0 Å². The van der Waals surface area contributed by atoms with E-state index in [1.807, 2.05) is 0 Å². The van der Waals surface area contributed by atoms with E-state index in [9.17, 15) is 4.39 Å². The molecule has 2 heteroatoms. The van der Waals surface area contributed by atoms with Gasteiger partial charge in [0, 0.05) is 6.92 Å². The van der Waals surface area contributed by atoms with Crippen molar-refractivity contribution in [3.63, 3.8) is 0 Å². The SMILES string of the molecule is CC#N.Fc1ccccc1. The molecule has 1 aromatic rings. The summed E-state index contributed by atoms with van der Waals surface area (Å²) >= 11 is 0. The van der Waals surface area contributed by atoms with Gasteiger partial charge < -0.3 is 0 Å². The maximum absolute atomic E-state index is 11.9. The van der Waals surface area contributed by atoms with Crippen LogP contribution in [0.1, 0.15) is 6.92 Å². The summed E-state index contributed by atoms with van der Waals surface area (Å²) in [4.78, 5) is 0. The van der Waals surface area contributed by atoms with Crippen LogP contribution in [0.2, 0.25) is 0 Å². The topological polar surface area (TPSA) is 23.8 Å². The average Bonchev–Trinajstić information content (AvgIpc) is 1.91. The molecule has 0 amide bonds. The Hall–Kier alpha value is -1.36. The van der Waals surface area contributed by atoms with Gasteiger partial charge in [-0.25, -0.2) is 4.39 Å².